The molecule has 16 nitrogen and oxygen atoms in total. The van der Waals surface area contributed by atoms with Gasteiger partial charge in [-0.25, -0.2) is 19.2 Å². The summed E-state index contributed by atoms with van der Waals surface area (Å²) in [5, 5.41) is 19.8. The first-order chi connectivity index (χ1) is 21.6. The number of pyridine rings is 1. The second-order valence-corrected chi connectivity index (χ2v) is 13.1. The van der Waals surface area contributed by atoms with Crippen LogP contribution in [0, 0.1) is 0 Å². The molecule has 240 valence electrons. The largest absolute Gasteiger partial charge is 0.477 e. The quantitative estimate of drug-likeness (QED) is 0.0334. The van der Waals surface area contributed by atoms with E-state index in [4.69, 9.17) is 22.0 Å². The number of amides is 3. The number of oxime groups is 1. The maximum atomic E-state index is 13.2. The van der Waals surface area contributed by atoms with Crippen LogP contribution in [-0.4, -0.2) is 98.2 Å². The highest BCUT2D eigenvalue weighted by atomic mass is 32.2. The molecular weight excluding hydrogens is 672 g/mol. The van der Waals surface area contributed by atoms with Crippen molar-refractivity contribution in [2.75, 3.05) is 30.5 Å². The molecule has 0 radical (unpaired) electrons. The number of anilines is 1. The number of thiazole rings is 1. The van der Waals surface area contributed by atoms with Crippen LogP contribution in [0.3, 0.4) is 0 Å². The Balaban J connectivity index is 1.48. The van der Waals surface area contributed by atoms with E-state index in [2.05, 4.69) is 30.7 Å². The number of aliphatic imine (C=N–C) groups is 1. The number of hydrogen-bond donors (Lipinski definition) is 6. The molecule has 4 heterocycles. The lowest BCUT2D eigenvalue weighted by atomic mass is 10.0. The average molecular weight is 699 g/mol. The van der Waals surface area contributed by atoms with E-state index in [-0.39, 0.29) is 33.9 Å². The van der Waals surface area contributed by atoms with Crippen molar-refractivity contribution in [2.24, 2.45) is 21.6 Å². The first-order valence-corrected chi connectivity index (χ1v) is 16.7. The third-order valence-corrected chi connectivity index (χ3v) is 10.3. The summed E-state index contributed by atoms with van der Waals surface area (Å²) in [5.41, 5.74) is 16.9. The van der Waals surface area contributed by atoms with Crippen molar-refractivity contribution in [2.45, 2.75) is 28.2 Å². The number of aromatic nitrogens is 2. The Morgan fingerprint density at radius 2 is 2.18 bits per heavy atom. The van der Waals surface area contributed by atoms with Crippen LogP contribution in [-0.2, 0) is 29.8 Å². The summed E-state index contributed by atoms with van der Waals surface area (Å²) in [7, 11) is 0. The number of hydrogen-bond acceptors (Lipinski definition) is 14. The molecule has 1 fully saturated rings. The SMILES string of the molecule is NC(N)=NC(CSCc1cnccc1SC1=C(C(=O)O)N2C(=O)[C@@H](NC(=O)C(=NOCCF)c3csc(N)n3)[C@@H]2SC1)NC=O. The molecule has 0 saturated carbocycles. The molecule has 3 atom stereocenters. The lowest BCUT2D eigenvalue weighted by Crippen LogP contribution is -2.71. The number of carbonyl (C=O) groups excluding carboxylic acids is 3. The molecule has 0 aromatic carbocycles. The molecule has 45 heavy (non-hydrogen) atoms. The van der Waals surface area contributed by atoms with Gasteiger partial charge in [-0.1, -0.05) is 16.9 Å². The van der Waals surface area contributed by atoms with E-state index < -0.39 is 48.6 Å². The fraction of sp³-hybridized carbons (Fsp3) is 0.333. The molecule has 2 aliphatic heterocycles. The van der Waals surface area contributed by atoms with Crippen LogP contribution >= 0.6 is 46.6 Å². The van der Waals surface area contributed by atoms with E-state index in [1.807, 2.05) is 0 Å². The molecule has 0 spiro atoms. The number of nitrogens with one attached hydrogen (secondary N) is 2. The summed E-state index contributed by atoms with van der Waals surface area (Å²) >= 11 is 4.95. The second-order valence-electron chi connectivity index (χ2n) is 8.93. The molecule has 0 bridgehead atoms. The molecule has 3 amide bonds. The van der Waals surface area contributed by atoms with E-state index in [0.29, 0.717) is 22.8 Å². The molecule has 1 unspecified atom stereocenters. The first kappa shape index (κ1) is 33.8. The van der Waals surface area contributed by atoms with Gasteiger partial charge in [0.2, 0.25) is 6.41 Å². The monoisotopic (exact) mass is 698 g/mol. The summed E-state index contributed by atoms with van der Waals surface area (Å²) in [5.74, 6) is -1.88. The first-order valence-electron chi connectivity index (χ1n) is 12.8. The molecule has 21 heteroatoms. The van der Waals surface area contributed by atoms with E-state index in [1.54, 1.807) is 18.5 Å². The van der Waals surface area contributed by atoms with Crippen molar-refractivity contribution in [3.8, 4) is 0 Å². The zero-order chi connectivity index (χ0) is 32.5. The van der Waals surface area contributed by atoms with Crippen molar-refractivity contribution in [1.29, 1.82) is 0 Å². The molecule has 4 rings (SSSR count). The maximum absolute atomic E-state index is 13.2. The van der Waals surface area contributed by atoms with Gasteiger partial charge in [-0.3, -0.25) is 24.3 Å². The lowest BCUT2D eigenvalue weighted by Gasteiger charge is -2.49. The van der Waals surface area contributed by atoms with E-state index >= 15 is 0 Å². The number of rotatable bonds is 16. The Morgan fingerprint density at radius 1 is 1.38 bits per heavy atom. The molecule has 9 N–H and O–H groups in total. The minimum absolute atomic E-state index is 0.0803. The molecular formula is C24H27FN10O6S4. The van der Waals surface area contributed by atoms with Crippen LogP contribution in [0.4, 0.5) is 9.52 Å². The number of fused-ring (bicyclic) bond motifs is 1. The number of nitrogens with zero attached hydrogens (tertiary/aromatic N) is 5. The van der Waals surface area contributed by atoms with E-state index in [1.165, 1.54) is 40.7 Å². The Kier molecular flexibility index (Phi) is 11.8. The highest BCUT2D eigenvalue weighted by Crippen LogP contribution is 2.46. The third kappa shape index (κ3) is 8.35. The number of carboxylic acid groups (broad SMARTS) is 1. The number of nitrogen functional groups attached to an aromatic ring is 1. The predicted octanol–water partition coefficient (Wildman–Crippen LogP) is -0.122. The fourth-order valence-electron chi connectivity index (χ4n) is 4.04. The summed E-state index contributed by atoms with van der Waals surface area (Å²) < 4.78 is 12.5. The minimum atomic E-state index is -1.30. The number of nitrogens with two attached hydrogens (primary N) is 3. The third-order valence-electron chi connectivity index (χ3n) is 5.92. The predicted molar refractivity (Wildman–Crippen MR) is 170 cm³/mol. The van der Waals surface area contributed by atoms with Gasteiger partial charge in [-0.05, 0) is 11.6 Å². The zero-order valence-electron chi connectivity index (χ0n) is 23.1. The summed E-state index contributed by atoms with van der Waals surface area (Å²) in [6.07, 6.45) is 3.08. The van der Waals surface area contributed by atoms with Gasteiger partial charge in [0.05, 0.1) is 0 Å². The van der Waals surface area contributed by atoms with Crippen LogP contribution < -0.4 is 27.8 Å². The van der Waals surface area contributed by atoms with Gasteiger partial charge in [-0.15, -0.1) is 23.1 Å². The highest BCUT2D eigenvalue weighted by Gasteiger charge is 2.54. The van der Waals surface area contributed by atoms with Gasteiger partial charge in [0.25, 0.3) is 11.8 Å². The van der Waals surface area contributed by atoms with Gasteiger partial charge < -0.3 is 37.8 Å². The number of β-lactam (4-membered cyclic amide) rings is 1. The maximum Gasteiger partial charge on any atom is 0.353 e. The summed E-state index contributed by atoms with van der Waals surface area (Å²) in [6.45, 7) is -1.23. The standard InChI is InChI=1S/C24H27FN10O6S4/c25-2-4-41-34-16(12-7-44-24(28)31-12)19(37)33-17-20(38)35-18(22(39)40)14(8-43-21(17)35)45-13-1-3-29-5-11(13)6-42-9-15(30-10-36)32-23(26)27/h1,3,5,7,10,15,17,21H,2,4,6,8-9H2,(H2,28,31)(H,30,36)(H,33,37)(H,39,40)(H4,26,27,32)/t15?,17-,21+/m1/s1. The Morgan fingerprint density at radius 3 is 2.84 bits per heavy atom. The van der Waals surface area contributed by atoms with Crippen molar-refractivity contribution in [3.63, 3.8) is 0 Å². The number of thioether (sulfide) groups is 3. The van der Waals surface area contributed by atoms with Gasteiger partial charge in [-0.2, -0.15) is 11.8 Å². The summed E-state index contributed by atoms with van der Waals surface area (Å²) in [6, 6.07) is 0.677. The molecule has 2 aromatic heterocycles. The fourth-order valence-corrected chi connectivity index (χ4v) is 8.21. The number of halogens is 1. The van der Waals surface area contributed by atoms with Crippen molar-refractivity contribution >= 4 is 87.6 Å². The van der Waals surface area contributed by atoms with Crippen LogP contribution in [0.15, 0.2) is 49.5 Å². The number of alkyl halides is 1. The molecule has 2 aliphatic rings. The number of carbonyl (C=O) groups is 4. The summed E-state index contributed by atoms with van der Waals surface area (Å²) in [4.78, 5) is 68.9. The van der Waals surface area contributed by atoms with Crippen LogP contribution in [0.2, 0.25) is 0 Å². The average Bonchev–Trinajstić information content (AvgIpc) is 3.43. The second kappa shape index (κ2) is 15.8. The van der Waals surface area contributed by atoms with Crippen molar-refractivity contribution < 1.29 is 33.5 Å². The van der Waals surface area contributed by atoms with Crippen molar-refractivity contribution in [1.82, 2.24) is 25.5 Å². The normalized spacial score (nSPS) is 18.4. The minimum Gasteiger partial charge on any atom is -0.477 e. The lowest BCUT2D eigenvalue weighted by molar-refractivity contribution is -0.150. The number of carboxylic acids is 1. The smallest absolute Gasteiger partial charge is 0.353 e. The Hall–Kier alpha value is -4.08. The van der Waals surface area contributed by atoms with Gasteiger partial charge in [0, 0.05) is 44.8 Å². The Labute approximate surface area is 271 Å². The van der Waals surface area contributed by atoms with E-state index in [9.17, 15) is 28.7 Å². The van der Waals surface area contributed by atoms with Crippen LogP contribution in [0.25, 0.3) is 0 Å². The van der Waals surface area contributed by atoms with Gasteiger partial charge >= 0.3 is 5.97 Å². The van der Waals surface area contributed by atoms with Crippen LogP contribution in [0.5, 0.6) is 0 Å². The number of aliphatic carboxylic acids is 1. The van der Waals surface area contributed by atoms with Crippen molar-refractivity contribution in [3.05, 3.63) is 45.7 Å². The molecule has 0 aliphatic carbocycles. The zero-order valence-corrected chi connectivity index (χ0v) is 26.4. The topological polar surface area (TPSA) is 254 Å². The molecule has 1 saturated heterocycles. The van der Waals surface area contributed by atoms with E-state index in [0.717, 1.165) is 26.7 Å². The van der Waals surface area contributed by atoms with Gasteiger partial charge in [0.15, 0.2) is 16.8 Å². The molecule has 2 aromatic rings. The van der Waals surface area contributed by atoms with Crippen LogP contribution in [0.1, 0.15) is 11.3 Å². The number of guanidine groups is 1. The Bertz CT molecular complexity index is 1540. The van der Waals surface area contributed by atoms with Gasteiger partial charge in [0.1, 0.15) is 42.3 Å². The highest BCUT2D eigenvalue weighted by molar-refractivity contribution is 8.06.